The second-order valence-corrected chi connectivity index (χ2v) is 6.12. The summed E-state index contributed by atoms with van der Waals surface area (Å²) >= 11 is 0. The maximum absolute atomic E-state index is 12.9. The Bertz CT molecular complexity index is 731. The van der Waals surface area contributed by atoms with Crippen molar-refractivity contribution in [3.63, 3.8) is 0 Å². The third-order valence-electron chi connectivity index (χ3n) is 4.41. The van der Waals surface area contributed by atoms with Crippen LogP contribution in [0.2, 0.25) is 0 Å². The number of rotatable bonds is 3. The molecule has 0 bridgehead atoms. The van der Waals surface area contributed by atoms with Gasteiger partial charge in [0.1, 0.15) is 0 Å². The summed E-state index contributed by atoms with van der Waals surface area (Å²) in [4.78, 5) is 12.6. The van der Waals surface area contributed by atoms with Crippen LogP contribution < -0.4 is 5.32 Å². The number of amides is 1. The monoisotopic (exact) mass is 348 g/mol. The van der Waals surface area contributed by atoms with Crippen LogP contribution in [0.4, 0.5) is 13.2 Å². The zero-order valence-electron chi connectivity index (χ0n) is 13.6. The van der Waals surface area contributed by atoms with Gasteiger partial charge in [0.05, 0.1) is 6.04 Å². The summed E-state index contributed by atoms with van der Waals surface area (Å²) in [6, 6.07) is 16.9. The number of nitrogens with one attached hydrogen (secondary N) is 1. The van der Waals surface area contributed by atoms with Gasteiger partial charge in [0.2, 0.25) is 0 Å². The third-order valence-corrected chi connectivity index (χ3v) is 4.41. The third kappa shape index (κ3) is 4.20. The molecule has 1 atom stereocenters. The van der Waals surface area contributed by atoms with E-state index in [4.69, 9.17) is 0 Å². The SMILES string of the molecule is O=C(N1CCc2ccccc2C(NCc2ccccc2)C1)C(F)(F)F. The molecular formula is C19H19F3N2O. The van der Waals surface area contributed by atoms with Crippen molar-refractivity contribution < 1.29 is 18.0 Å². The van der Waals surface area contributed by atoms with E-state index in [1.54, 1.807) is 0 Å². The molecule has 6 heteroatoms. The minimum Gasteiger partial charge on any atom is -0.333 e. The van der Waals surface area contributed by atoms with E-state index in [0.29, 0.717) is 13.0 Å². The van der Waals surface area contributed by atoms with Gasteiger partial charge in [-0.05, 0) is 23.1 Å². The highest BCUT2D eigenvalue weighted by molar-refractivity contribution is 5.82. The number of carbonyl (C=O) groups excluding carboxylic acids is 1. The number of alkyl halides is 3. The maximum atomic E-state index is 12.9. The molecule has 0 aromatic heterocycles. The number of benzene rings is 2. The largest absolute Gasteiger partial charge is 0.471 e. The van der Waals surface area contributed by atoms with E-state index in [1.807, 2.05) is 54.6 Å². The zero-order valence-corrected chi connectivity index (χ0v) is 13.6. The summed E-state index contributed by atoms with van der Waals surface area (Å²) in [6.45, 7) is 0.592. The number of hydrogen-bond acceptors (Lipinski definition) is 2. The average molecular weight is 348 g/mol. The molecular weight excluding hydrogens is 329 g/mol. The molecule has 132 valence electrons. The molecule has 0 fully saturated rings. The molecule has 1 amide bonds. The smallest absolute Gasteiger partial charge is 0.333 e. The van der Waals surface area contributed by atoms with Crippen LogP contribution in [0.15, 0.2) is 54.6 Å². The second kappa shape index (κ2) is 7.27. The first-order chi connectivity index (χ1) is 11.9. The van der Waals surface area contributed by atoms with E-state index in [2.05, 4.69) is 5.32 Å². The standard InChI is InChI=1S/C19H19F3N2O/c20-19(21,22)18(25)24-11-10-15-8-4-5-9-16(15)17(13-24)23-12-14-6-2-1-3-7-14/h1-9,17,23H,10-13H2. The Balaban J connectivity index is 1.82. The lowest BCUT2D eigenvalue weighted by molar-refractivity contribution is -0.185. The van der Waals surface area contributed by atoms with E-state index in [-0.39, 0.29) is 19.1 Å². The number of fused-ring (bicyclic) bond motifs is 1. The van der Waals surface area contributed by atoms with Crippen LogP contribution >= 0.6 is 0 Å². The highest BCUT2D eigenvalue weighted by atomic mass is 19.4. The van der Waals surface area contributed by atoms with Gasteiger partial charge in [0, 0.05) is 19.6 Å². The number of nitrogens with zero attached hydrogens (tertiary/aromatic N) is 1. The van der Waals surface area contributed by atoms with Gasteiger partial charge in [-0.15, -0.1) is 0 Å². The van der Waals surface area contributed by atoms with Gasteiger partial charge in [-0.3, -0.25) is 4.79 Å². The summed E-state index contributed by atoms with van der Waals surface area (Å²) in [5.74, 6) is -1.77. The molecule has 25 heavy (non-hydrogen) atoms. The lowest BCUT2D eigenvalue weighted by Gasteiger charge is -2.26. The van der Waals surface area contributed by atoms with E-state index in [1.165, 1.54) is 0 Å². The molecule has 0 radical (unpaired) electrons. The van der Waals surface area contributed by atoms with Crippen LogP contribution in [0.1, 0.15) is 22.7 Å². The van der Waals surface area contributed by atoms with Crippen molar-refractivity contribution in [2.24, 2.45) is 0 Å². The van der Waals surface area contributed by atoms with Gasteiger partial charge < -0.3 is 10.2 Å². The van der Waals surface area contributed by atoms with Gasteiger partial charge in [0.15, 0.2) is 0 Å². The minimum atomic E-state index is -4.85. The molecule has 2 aromatic carbocycles. The van der Waals surface area contributed by atoms with Gasteiger partial charge >= 0.3 is 12.1 Å². The van der Waals surface area contributed by atoms with Gasteiger partial charge in [-0.2, -0.15) is 13.2 Å². The van der Waals surface area contributed by atoms with E-state index in [0.717, 1.165) is 21.6 Å². The Hall–Kier alpha value is -2.34. The predicted molar refractivity (Wildman–Crippen MR) is 88.8 cm³/mol. The first-order valence-corrected chi connectivity index (χ1v) is 8.16. The molecule has 0 aliphatic carbocycles. The molecule has 2 aromatic rings. The Labute approximate surface area is 144 Å². The molecule has 0 saturated heterocycles. The Morgan fingerprint density at radius 3 is 2.48 bits per heavy atom. The molecule has 1 aliphatic rings. The van der Waals surface area contributed by atoms with Crippen molar-refractivity contribution in [1.82, 2.24) is 10.2 Å². The van der Waals surface area contributed by atoms with Crippen molar-refractivity contribution in [2.75, 3.05) is 13.1 Å². The van der Waals surface area contributed by atoms with Crippen molar-refractivity contribution in [2.45, 2.75) is 25.2 Å². The molecule has 0 spiro atoms. The fourth-order valence-electron chi connectivity index (χ4n) is 3.14. The average Bonchev–Trinajstić information content (AvgIpc) is 2.79. The molecule has 1 heterocycles. The summed E-state index contributed by atoms with van der Waals surface area (Å²) < 4.78 is 38.6. The van der Waals surface area contributed by atoms with E-state index >= 15 is 0 Å². The van der Waals surface area contributed by atoms with Crippen molar-refractivity contribution in [3.05, 3.63) is 71.3 Å². The molecule has 1 aliphatic heterocycles. The minimum absolute atomic E-state index is 0.00217. The predicted octanol–water partition coefficient (Wildman–Crippen LogP) is 3.46. The van der Waals surface area contributed by atoms with Crippen LogP contribution in [0.5, 0.6) is 0 Å². The molecule has 1 unspecified atom stereocenters. The highest BCUT2D eigenvalue weighted by Crippen LogP contribution is 2.27. The fraction of sp³-hybridized carbons (Fsp3) is 0.316. The lowest BCUT2D eigenvalue weighted by atomic mass is 9.99. The van der Waals surface area contributed by atoms with Crippen LogP contribution in [0.25, 0.3) is 0 Å². The lowest BCUT2D eigenvalue weighted by Crippen LogP contribution is -2.44. The molecule has 1 N–H and O–H groups in total. The van der Waals surface area contributed by atoms with E-state index in [9.17, 15) is 18.0 Å². The molecule has 0 saturated carbocycles. The summed E-state index contributed by atoms with van der Waals surface area (Å²) in [6.07, 6.45) is -4.43. The fourth-order valence-corrected chi connectivity index (χ4v) is 3.14. The Morgan fingerprint density at radius 2 is 1.76 bits per heavy atom. The molecule has 3 nitrogen and oxygen atoms in total. The van der Waals surface area contributed by atoms with Crippen LogP contribution in [-0.2, 0) is 17.8 Å². The van der Waals surface area contributed by atoms with Gasteiger partial charge in [-0.1, -0.05) is 54.6 Å². The van der Waals surface area contributed by atoms with E-state index < -0.39 is 12.1 Å². The number of halogens is 3. The highest BCUT2D eigenvalue weighted by Gasteiger charge is 2.43. The first kappa shape index (κ1) is 17.5. The van der Waals surface area contributed by atoms with Gasteiger partial charge in [-0.25, -0.2) is 0 Å². The van der Waals surface area contributed by atoms with Crippen LogP contribution in [-0.4, -0.2) is 30.1 Å². The maximum Gasteiger partial charge on any atom is 0.471 e. The topological polar surface area (TPSA) is 32.3 Å². The molecule has 3 rings (SSSR count). The normalized spacial score (nSPS) is 17.7. The van der Waals surface area contributed by atoms with Crippen LogP contribution in [0.3, 0.4) is 0 Å². The summed E-state index contributed by atoms with van der Waals surface area (Å²) in [7, 11) is 0. The number of hydrogen-bond donors (Lipinski definition) is 1. The van der Waals surface area contributed by atoms with Crippen molar-refractivity contribution >= 4 is 5.91 Å². The van der Waals surface area contributed by atoms with Gasteiger partial charge in [0.25, 0.3) is 0 Å². The first-order valence-electron chi connectivity index (χ1n) is 8.16. The zero-order chi connectivity index (χ0) is 17.9. The summed E-state index contributed by atoms with van der Waals surface area (Å²) in [5, 5.41) is 3.31. The second-order valence-electron chi connectivity index (χ2n) is 6.12. The number of carbonyl (C=O) groups is 1. The quantitative estimate of drug-likeness (QED) is 0.921. The van der Waals surface area contributed by atoms with Crippen LogP contribution in [0, 0.1) is 0 Å². The van der Waals surface area contributed by atoms with Crippen molar-refractivity contribution in [1.29, 1.82) is 0 Å². The Morgan fingerprint density at radius 1 is 1.08 bits per heavy atom. The van der Waals surface area contributed by atoms with Crippen molar-refractivity contribution in [3.8, 4) is 0 Å². The summed E-state index contributed by atoms with van der Waals surface area (Å²) in [5.41, 5.74) is 2.97. The Kier molecular flexibility index (Phi) is 5.08.